The minimum absolute atomic E-state index is 0.0914. The first kappa shape index (κ1) is 9.62. The molecule has 0 spiro atoms. The van der Waals surface area contributed by atoms with Gasteiger partial charge in [-0.05, 0) is 18.0 Å². The number of carboxylic acid groups (broad SMARTS) is 1. The molecule has 0 fully saturated rings. The van der Waals surface area contributed by atoms with E-state index < -0.39 is 17.8 Å². The largest absolute Gasteiger partial charge is 0.481 e. The van der Waals surface area contributed by atoms with Crippen LogP contribution in [0.15, 0.2) is 0 Å². The number of carboxylic acids is 1. The summed E-state index contributed by atoms with van der Waals surface area (Å²) in [4.78, 5) is 9.80. The molecule has 0 aromatic heterocycles. The number of alkyl halides is 3. The molecule has 2 nitrogen and oxygen atoms in total. The zero-order valence-corrected chi connectivity index (χ0v) is 5.87. The molecular formula is C5H7ClF2O2. The second kappa shape index (κ2) is 3.71. The minimum atomic E-state index is -3.25. The normalized spacial score (nSPS) is 11.5. The van der Waals surface area contributed by atoms with Crippen molar-refractivity contribution in [3.8, 4) is 0 Å². The van der Waals surface area contributed by atoms with Crippen LogP contribution in [0, 0.1) is 0 Å². The van der Waals surface area contributed by atoms with Crippen LogP contribution >= 0.6 is 11.6 Å². The zero-order chi connectivity index (χ0) is 8.20. The summed E-state index contributed by atoms with van der Waals surface area (Å²) in [7, 11) is 0. The first-order valence-corrected chi connectivity index (χ1v) is 3.08. The minimum Gasteiger partial charge on any atom is -0.481 e. The summed E-state index contributed by atoms with van der Waals surface area (Å²) >= 11 is 4.49. The third-order valence-corrected chi connectivity index (χ3v) is 1.04. The molecule has 10 heavy (non-hydrogen) atoms. The Morgan fingerprint density at radius 3 is 2.40 bits per heavy atom. The van der Waals surface area contributed by atoms with Gasteiger partial charge in [-0.15, -0.1) is 0 Å². The number of rotatable bonds is 4. The van der Waals surface area contributed by atoms with Gasteiger partial charge >= 0.3 is 11.4 Å². The first-order chi connectivity index (χ1) is 4.42. The van der Waals surface area contributed by atoms with Crippen molar-refractivity contribution in [3.63, 3.8) is 0 Å². The fraction of sp³-hybridized carbons (Fsp3) is 0.800. The van der Waals surface area contributed by atoms with Crippen LogP contribution in [0.5, 0.6) is 0 Å². The predicted molar refractivity (Wildman–Crippen MR) is 32.3 cm³/mol. The van der Waals surface area contributed by atoms with Gasteiger partial charge in [0.05, 0.1) is 0 Å². The molecule has 0 bridgehead atoms. The van der Waals surface area contributed by atoms with Crippen LogP contribution in [0.3, 0.4) is 0 Å². The second-order valence-electron chi connectivity index (χ2n) is 1.86. The van der Waals surface area contributed by atoms with Crippen LogP contribution in [-0.4, -0.2) is 16.5 Å². The average Bonchev–Trinajstić information content (AvgIpc) is 1.59. The van der Waals surface area contributed by atoms with Crippen LogP contribution in [0.4, 0.5) is 8.78 Å². The van der Waals surface area contributed by atoms with E-state index in [2.05, 4.69) is 11.6 Å². The van der Waals surface area contributed by atoms with E-state index in [-0.39, 0.29) is 12.8 Å². The van der Waals surface area contributed by atoms with Gasteiger partial charge < -0.3 is 5.11 Å². The molecule has 0 unspecified atom stereocenters. The van der Waals surface area contributed by atoms with Crippen molar-refractivity contribution in [2.75, 3.05) is 0 Å². The summed E-state index contributed by atoms with van der Waals surface area (Å²) in [6.07, 6.45) is -0.936. The van der Waals surface area contributed by atoms with Crippen LogP contribution in [-0.2, 0) is 4.79 Å². The Kier molecular flexibility index (Phi) is 3.57. The summed E-state index contributed by atoms with van der Waals surface area (Å²) in [5.74, 6) is -1.08. The van der Waals surface area contributed by atoms with Gasteiger partial charge in [-0.2, -0.15) is 8.78 Å². The second-order valence-corrected chi connectivity index (χ2v) is 2.42. The van der Waals surface area contributed by atoms with Gasteiger partial charge in [-0.25, -0.2) is 0 Å². The molecule has 0 aliphatic heterocycles. The summed E-state index contributed by atoms with van der Waals surface area (Å²) in [6.45, 7) is 0. The maximum atomic E-state index is 11.7. The molecule has 0 radical (unpaired) electrons. The topological polar surface area (TPSA) is 37.3 Å². The van der Waals surface area contributed by atoms with Crippen LogP contribution in [0.1, 0.15) is 19.3 Å². The molecule has 0 atom stereocenters. The SMILES string of the molecule is O=C(O)CCCC(F)(F)Cl. The summed E-state index contributed by atoms with van der Waals surface area (Å²) in [6, 6.07) is 0. The van der Waals surface area contributed by atoms with E-state index >= 15 is 0 Å². The van der Waals surface area contributed by atoms with E-state index in [0.717, 1.165) is 0 Å². The van der Waals surface area contributed by atoms with E-state index in [1.54, 1.807) is 0 Å². The van der Waals surface area contributed by atoms with E-state index in [4.69, 9.17) is 5.11 Å². The molecule has 0 rings (SSSR count). The fourth-order valence-electron chi connectivity index (χ4n) is 0.440. The lowest BCUT2D eigenvalue weighted by atomic mass is 10.2. The monoisotopic (exact) mass is 172 g/mol. The Bertz CT molecular complexity index is 121. The first-order valence-electron chi connectivity index (χ1n) is 2.70. The molecular weight excluding hydrogens is 166 g/mol. The van der Waals surface area contributed by atoms with E-state index in [1.807, 2.05) is 0 Å². The Morgan fingerprint density at radius 1 is 1.60 bits per heavy atom. The van der Waals surface area contributed by atoms with Gasteiger partial charge in [-0.3, -0.25) is 4.79 Å². The van der Waals surface area contributed by atoms with Crippen molar-refractivity contribution >= 4 is 17.6 Å². The van der Waals surface area contributed by atoms with Gasteiger partial charge in [0.15, 0.2) is 0 Å². The molecule has 60 valence electrons. The molecule has 0 aromatic carbocycles. The molecule has 0 aliphatic rings. The van der Waals surface area contributed by atoms with Gasteiger partial charge in [0.2, 0.25) is 0 Å². The lowest BCUT2D eigenvalue weighted by Crippen LogP contribution is -2.06. The molecule has 0 saturated carbocycles. The summed E-state index contributed by atoms with van der Waals surface area (Å²) in [5.41, 5.74) is 0. The maximum Gasteiger partial charge on any atom is 0.321 e. The Balaban J connectivity index is 3.29. The quantitative estimate of drug-likeness (QED) is 0.660. The number of halogens is 3. The highest BCUT2D eigenvalue weighted by atomic mass is 35.5. The van der Waals surface area contributed by atoms with Gasteiger partial charge in [0, 0.05) is 12.8 Å². The van der Waals surface area contributed by atoms with Crippen molar-refractivity contribution in [2.45, 2.75) is 24.6 Å². The third kappa shape index (κ3) is 7.62. The lowest BCUT2D eigenvalue weighted by molar-refractivity contribution is -0.137. The molecule has 0 aliphatic carbocycles. The lowest BCUT2D eigenvalue weighted by Gasteiger charge is -2.04. The van der Waals surface area contributed by atoms with Crippen molar-refractivity contribution < 1.29 is 18.7 Å². The van der Waals surface area contributed by atoms with E-state index in [1.165, 1.54) is 0 Å². The van der Waals surface area contributed by atoms with Gasteiger partial charge in [0.25, 0.3) is 0 Å². The standard InChI is InChI=1S/C5H7ClF2O2/c6-5(7,8)3-1-2-4(9)10/h1-3H2,(H,9,10). The summed E-state index contributed by atoms with van der Waals surface area (Å²) in [5, 5.41) is 4.77. The smallest absolute Gasteiger partial charge is 0.321 e. The number of carbonyl (C=O) groups is 1. The summed E-state index contributed by atoms with van der Waals surface area (Å²) < 4.78 is 23.5. The van der Waals surface area contributed by atoms with Gasteiger partial charge in [-0.1, -0.05) is 0 Å². The number of hydrogen-bond acceptors (Lipinski definition) is 1. The molecule has 0 heterocycles. The molecule has 0 saturated heterocycles. The Hall–Kier alpha value is -0.380. The van der Waals surface area contributed by atoms with E-state index in [0.29, 0.717) is 0 Å². The fourth-order valence-corrected chi connectivity index (χ4v) is 0.574. The highest BCUT2D eigenvalue weighted by Gasteiger charge is 2.23. The molecule has 0 amide bonds. The highest BCUT2D eigenvalue weighted by Crippen LogP contribution is 2.25. The van der Waals surface area contributed by atoms with Crippen molar-refractivity contribution in [3.05, 3.63) is 0 Å². The van der Waals surface area contributed by atoms with Gasteiger partial charge in [0.1, 0.15) is 0 Å². The van der Waals surface area contributed by atoms with E-state index in [9.17, 15) is 13.6 Å². The number of hydrogen-bond donors (Lipinski definition) is 1. The van der Waals surface area contributed by atoms with Crippen LogP contribution < -0.4 is 0 Å². The molecule has 0 aromatic rings. The van der Waals surface area contributed by atoms with Crippen LogP contribution in [0.25, 0.3) is 0 Å². The molecule has 1 N–H and O–H groups in total. The number of aliphatic carboxylic acids is 1. The van der Waals surface area contributed by atoms with Crippen molar-refractivity contribution in [1.29, 1.82) is 0 Å². The van der Waals surface area contributed by atoms with Crippen LogP contribution in [0.2, 0.25) is 0 Å². The zero-order valence-electron chi connectivity index (χ0n) is 5.11. The van der Waals surface area contributed by atoms with Crippen molar-refractivity contribution in [1.82, 2.24) is 0 Å². The van der Waals surface area contributed by atoms with Crippen molar-refractivity contribution in [2.24, 2.45) is 0 Å². The predicted octanol–water partition coefficient (Wildman–Crippen LogP) is 2.07. The highest BCUT2D eigenvalue weighted by molar-refractivity contribution is 6.21. The average molecular weight is 173 g/mol. The maximum absolute atomic E-state index is 11.7. The third-order valence-electron chi connectivity index (χ3n) is 0.851. The Morgan fingerprint density at radius 2 is 2.10 bits per heavy atom. The Labute approximate surface area is 61.8 Å². The molecule has 5 heteroatoms.